The van der Waals surface area contributed by atoms with Crippen LogP contribution in [-0.4, -0.2) is 33.7 Å². The molecule has 0 bridgehead atoms. The summed E-state index contributed by atoms with van der Waals surface area (Å²) in [6.07, 6.45) is 5.92. The SMILES string of the molecule is CC(C1CC1)N(C)C(=O)c1cnn(-c2ccccc2)c1. The van der Waals surface area contributed by atoms with E-state index in [1.807, 2.05) is 42.3 Å². The molecule has 1 amide bonds. The second-order valence-corrected chi connectivity index (χ2v) is 5.50. The van der Waals surface area contributed by atoms with Crippen molar-refractivity contribution in [3.8, 4) is 5.69 Å². The Balaban J connectivity index is 1.77. The summed E-state index contributed by atoms with van der Waals surface area (Å²) < 4.78 is 1.74. The van der Waals surface area contributed by atoms with Gasteiger partial charge >= 0.3 is 0 Å². The minimum atomic E-state index is 0.0478. The number of carbonyl (C=O) groups is 1. The zero-order chi connectivity index (χ0) is 14.1. The average molecular weight is 269 g/mol. The molecule has 0 spiro atoms. The molecule has 0 aliphatic heterocycles. The molecule has 1 aliphatic rings. The van der Waals surface area contributed by atoms with Crippen molar-refractivity contribution in [2.75, 3.05) is 7.05 Å². The summed E-state index contributed by atoms with van der Waals surface area (Å²) in [6.45, 7) is 2.12. The fourth-order valence-corrected chi connectivity index (χ4v) is 2.44. The number of amides is 1. The molecule has 1 unspecified atom stereocenters. The first-order chi connectivity index (χ1) is 9.66. The molecule has 4 nitrogen and oxygen atoms in total. The van der Waals surface area contributed by atoms with Gasteiger partial charge in [0, 0.05) is 19.3 Å². The van der Waals surface area contributed by atoms with Crippen LogP contribution in [0.3, 0.4) is 0 Å². The Labute approximate surface area is 119 Å². The van der Waals surface area contributed by atoms with Gasteiger partial charge in [-0.25, -0.2) is 4.68 Å². The molecule has 104 valence electrons. The van der Waals surface area contributed by atoms with Crippen molar-refractivity contribution in [2.24, 2.45) is 5.92 Å². The summed E-state index contributed by atoms with van der Waals surface area (Å²) >= 11 is 0. The van der Waals surface area contributed by atoms with Gasteiger partial charge < -0.3 is 4.90 Å². The largest absolute Gasteiger partial charge is 0.339 e. The molecule has 1 aromatic carbocycles. The van der Waals surface area contributed by atoms with Crippen LogP contribution < -0.4 is 0 Å². The van der Waals surface area contributed by atoms with E-state index in [1.54, 1.807) is 17.1 Å². The Morgan fingerprint density at radius 2 is 2.05 bits per heavy atom. The van der Waals surface area contributed by atoms with Gasteiger partial charge in [0.15, 0.2) is 0 Å². The van der Waals surface area contributed by atoms with E-state index in [-0.39, 0.29) is 5.91 Å². The van der Waals surface area contributed by atoms with Gasteiger partial charge in [-0.1, -0.05) is 18.2 Å². The number of para-hydroxylation sites is 1. The third-order valence-corrected chi connectivity index (χ3v) is 4.09. The van der Waals surface area contributed by atoms with Crippen molar-refractivity contribution in [1.82, 2.24) is 14.7 Å². The Kier molecular flexibility index (Phi) is 3.30. The number of hydrogen-bond donors (Lipinski definition) is 0. The monoisotopic (exact) mass is 269 g/mol. The van der Waals surface area contributed by atoms with Crippen LogP contribution in [0.1, 0.15) is 30.1 Å². The van der Waals surface area contributed by atoms with Gasteiger partial charge in [0.25, 0.3) is 5.91 Å². The van der Waals surface area contributed by atoms with Crippen LogP contribution in [0.4, 0.5) is 0 Å². The van der Waals surface area contributed by atoms with E-state index in [1.165, 1.54) is 12.8 Å². The van der Waals surface area contributed by atoms with E-state index >= 15 is 0 Å². The highest BCUT2D eigenvalue weighted by molar-refractivity contribution is 5.93. The van der Waals surface area contributed by atoms with Crippen LogP contribution in [0.5, 0.6) is 0 Å². The topological polar surface area (TPSA) is 38.1 Å². The van der Waals surface area contributed by atoms with Crippen LogP contribution in [0, 0.1) is 5.92 Å². The Morgan fingerprint density at radius 1 is 1.35 bits per heavy atom. The summed E-state index contributed by atoms with van der Waals surface area (Å²) in [7, 11) is 1.88. The Morgan fingerprint density at radius 3 is 2.70 bits per heavy atom. The highest BCUT2D eigenvalue weighted by Gasteiger charge is 2.33. The van der Waals surface area contributed by atoms with Gasteiger partial charge in [-0.3, -0.25) is 4.79 Å². The molecule has 1 saturated carbocycles. The van der Waals surface area contributed by atoms with E-state index < -0.39 is 0 Å². The first-order valence-electron chi connectivity index (χ1n) is 7.04. The summed E-state index contributed by atoms with van der Waals surface area (Å²) in [5, 5.41) is 4.28. The normalized spacial score (nSPS) is 15.9. The molecule has 1 heterocycles. The van der Waals surface area contributed by atoms with Crippen molar-refractivity contribution in [3.63, 3.8) is 0 Å². The van der Waals surface area contributed by atoms with E-state index in [2.05, 4.69) is 12.0 Å². The molecule has 1 atom stereocenters. The third kappa shape index (κ3) is 2.46. The number of hydrogen-bond acceptors (Lipinski definition) is 2. The van der Waals surface area contributed by atoms with Crippen molar-refractivity contribution in [1.29, 1.82) is 0 Å². The molecule has 3 rings (SSSR count). The van der Waals surface area contributed by atoms with Crippen LogP contribution >= 0.6 is 0 Å². The maximum atomic E-state index is 12.4. The summed E-state index contributed by atoms with van der Waals surface area (Å²) in [5.74, 6) is 0.722. The van der Waals surface area contributed by atoms with Crippen molar-refractivity contribution in [2.45, 2.75) is 25.8 Å². The second-order valence-electron chi connectivity index (χ2n) is 5.50. The van der Waals surface area contributed by atoms with Crippen molar-refractivity contribution < 1.29 is 4.79 Å². The lowest BCUT2D eigenvalue weighted by Crippen LogP contribution is -2.36. The van der Waals surface area contributed by atoms with Crippen LogP contribution in [-0.2, 0) is 0 Å². The van der Waals surface area contributed by atoms with Gasteiger partial charge in [0.1, 0.15) is 0 Å². The third-order valence-electron chi connectivity index (χ3n) is 4.09. The lowest BCUT2D eigenvalue weighted by molar-refractivity contribution is 0.0727. The molecule has 1 aliphatic carbocycles. The Bertz CT molecular complexity index is 601. The van der Waals surface area contributed by atoms with Crippen LogP contribution in [0.15, 0.2) is 42.7 Å². The molecule has 0 saturated heterocycles. The number of benzene rings is 1. The molecular weight excluding hydrogens is 250 g/mol. The zero-order valence-electron chi connectivity index (χ0n) is 11.9. The minimum Gasteiger partial charge on any atom is -0.339 e. The zero-order valence-corrected chi connectivity index (χ0v) is 11.9. The van der Waals surface area contributed by atoms with E-state index in [4.69, 9.17) is 0 Å². The molecule has 4 heteroatoms. The predicted molar refractivity (Wildman–Crippen MR) is 77.8 cm³/mol. The van der Waals surface area contributed by atoms with Gasteiger partial charge in [-0.2, -0.15) is 5.10 Å². The molecular formula is C16H19N3O. The lowest BCUT2D eigenvalue weighted by Gasteiger charge is -2.24. The molecule has 0 N–H and O–H groups in total. The summed E-state index contributed by atoms with van der Waals surface area (Å²) in [4.78, 5) is 14.3. The highest BCUT2D eigenvalue weighted by atomic mass is 16.2. The maximum absolute atomic E-state index is 12.4. The van der Waals surface area contributed by atoms with Crippen LogP contribution in [0.2, 0.25) is 0 Å². The quantitative estimate of drug-likeness (QED) is 0.856. The van der Waals surface area contributed by atoms with Crippen molar-refractivity contribution >= 4 is 5.91 Å². The van der Waals surface area contributed by atoms with Gasteiger partial charge in [0.2, 0.25) is 0 Å². The lowest BCUT2D eigenvalue weighted by atomic mass is 10.1. The highest BCUT2D eigenvalue weighted by Crippen LogP contribution is 2.35. The molecule has 0 radical (unpaired) electrons. The van der Waals surface area contributed by atoms with Gasteiger partial charge in [-0.05, 0) is 37.8 Å². The second kappa shape index (κ2) is 5.12. The number of rotatable bonds is 4. The average Bonchev–Trinajstić information content (AvgIpc) is 3.22. The summed E-state index contributed by atoms with van der Waals surface area (Å²) in [6, 6.07) is 10.1. The minimum absolute atomic E-state index is 0.0478. The van der Waals surface area contributed by atoms with E-state index in [0.717, 1.165) is 5.69 Å². The fraction of sp³-hybridized carbons (Fsp3) is 0.375. The van der Waals surface area contributed by atoms with Gasteiger partial charge in [0.05, 0.1) is 17.4 Å². The number of carbonyl (C=O) groups excluding carboxylic acids is 1. The predicted octanol–water partition coefficient (Wildman–Crippen LogP) is 2.74. The Hall–Kier alpha value is -2.10. The molecule has 1 fully saturated rings. The molecule has 20 heavy (non-hydrogen) atoms. The maximum Gasteiger partial charge on any atom is 0.257 e. The van der Waals surface area contributed by atoms with E-state index in [9.17, 15) is 4.79 Å². The smallest absolute Gasteiger partial charge is 0.257 e. The summed E-state index contributed by atoms with van der Waals surface area (Å²) in [5.41, 5.74) is 1.60. The fourth-order valence-electron chi connectivity index (χ4n) is 2.44. The molecule has 2 aromatic rings. The number of nitrogens with zero attached hydrogens (tertiary/aromatic N) is 3. The standard InChI is InChI=1S/C16H19N3O/c1-12(13-8-9-13)18(2)16(20)14-10-17-19(11-14)15-6-4-3-5-7-15/h3-7,10-13H,8-9H2,1-2H3. The number of aromatic nitrogens is 2. The molecule has 1 aromatic heterocycles. The van der Waals surface area contributed by atoms with Gasteiger partial charge in [-0.15, -0.1) is 0 Å². The van der Waals surface area contributed by atoms with Crippen LogP contribution in [0.25, 0.3) is 5.69 Å². The first-order valence-corrected chi connectivity index (χ1v) is 7.04. The first kappa shape index (κ1) is 12.9. The van der Waals surface area contributed by atoms with E-state index in [0.29, 0.717) is 17.5 Å². The van der Waals surface area contributed by atoms with Crippen molar-refractivity contribution in [3.05, 3.63) is 48.3 Å².